The molecule has 0 amide bonds. The van der Waals surface area contributed by atoms with Gasteiger partial charge in [0, 0.05) is 13.0 Å². The fourth-order valence-electron chi connectivity index (χ4n) is 0.820. The first-order chi connectivity index (χ1) is 6.72. The van der Waals surface area contributed by atoms with Crippen LogP contribution in [0.25, 0.3) is 0 Å². The molecule has 0 unspecified atom stereocenters. The Hall–Kier alpha value is -0.230. The summed E-state index contributed by atoms with van der Waals surface area (Å²) in [5.41, 5.74) is 0. The molecule has 0 aliphatic heterocycles. The lowest BCUT2D eigenvalue weighted by molar-refractivity contribution is -0.140. The minimum atomic E-state index is -1.60. The number of hydrogen-bond acceptors (Lipinski definition) is 3. The number of hydrogen-bond donors (Lipinski definition) is 3. The molecule has 0 aromatic carbocycles. The third kappa shape index (κ3) is 8.74. The van der Waals surface area contributed by atoms with Crippen molar-refractivity contribution in [1.29, 1.82) is 0 Å². The smallest absolute Gasteiger partial charge is 0.320 e. The van der Waals surface area contributed by atoms with Gasteiger partial charge in [-0.15, -0.1) is 0 Å². The average molecular weight is 279 g/mol. The van der Waals surface area contributed by atoms with Crippen molar-refractivity contribution in [3.63, 3.8) is 0 Å². The van der Waals surface area contributed by atoms with E-state index in [2.05, 4.69) is 5.32 Å². The van der Waals surface area contributed by atoms with Gasteiger partial charge in [0.05, 0.1) is 0 Å². The minimum absolute atomic E-state index is 0.0641. The molecule has 1 atom stereocenters. The van der Waals surface area contributed by atoms with Crippen molar-refractivity contribution in [2.24, 2.45) is 0 Å². The van der Waals surface area contributed by atoms with Crippen LogP contribution in [-0.2, 0) is 9.59 Å². The van der Waals surface area contributed by atoms with E-state index in [-0.39, 0.29) is 19.4 Å². The topological polar surface area (TPSA) is 86.6 Å². The highest BCUT2D eigenvalue weighted by Gasteiger charge is 2.24. The van der Waals surface area contributed by atoms with Gasteiger partial charge in [0.2, 0.25) is 3.79 Å². The normalized spacial score (nSPS) is 13.5. The Morgan fingerprint density at radius 3 is 2.13 bits per heavy atom. The number of rotatable bonds is 6. The van der Waals surface area contributed by atoms with Crippen LogP contribution in [0.15, 0.2) is 0 Å². The van der Waals surface area contributed by atoms with Crippen molar-refractivity contribution in [1.82, 2.24) is 5.32 Å². The fraction of sp³-hybridized carbons (Fsp3) is 0.714. The molecule has 15 heavy (non-hydrogen) atoms. The number of alkyl halides is 3. The van der Waals surface area contributed by atoms with E-state index in [0.29, 0.717) is 0 Å². The monoisotopic (exact) mass is 277 g/mol. The minimum Gasteiger partial charge on any atom is -0.481 e. The van der Waals surface area contributed by atoms with Gasteiger partial charge in [-0.25, -0.2) is 0 Å². The largest absolute Gasteiger partial charge is 0.481 e. The Labute approximate surface area is 101 Å². The zero-order valence-electron chi connectivity index (χ0n) is 7.54. The summed E-state index contributed by atoms with van der Waals surface area (Å²) in [7, 11) is 0. The van der Waals surface area contributed by atoms with Gasteiger partial charge in [0.15, 0.2) is 0 Å². The summed E-state index contributed by atoms with van der Waals surface area (Å²) in [5, 5.41) is 19.5. The second kappa shape index (κ2) is 6.37. The van der Waals surface area contributed by atoms with Crippen LogP contribution < -0.4 is 5.32 Å². The van der Waals surface area contributed by atoms with E-state index < -0.39 is 21.8 Å². The average Bonchev–Trinajstić information content (AvgIpc) is 2.00. The Morgan fingerprint density at radius 1 is 1.27 bits per heavy atom. The molecule has 3 N–H and O–H groups in total. The molecule has 0 radical (unpaired) electrons. The van der Waals surface area contributed by atoms with Gasteiger partial charge in [-0.1, -0.05) is 34.8 Å². The van der Waals surface area contributed by atoms with Crippen molar-refractivity contribution in [2.75, 3.05) is 6.54 Å². The van der Waals surface area contributed by atoms with E-state index in [1.54, 1.807) is 0 Å². The fourth-order valence-corrected chi connectivity index (χ4v) is 1.05. The molecule has 8 heteroatoms. The standard InChI is InChI=1S/C7H10Cl3NO4/c8-7(9,10)3-11-4(6(14)15)1-2-5(12)13/h4,11H,1-3H2,(H,12,13)(H,14,15)/t4-/m0/s1. The Balaban J connectivity index is 4.06. The molecule has 0 fully saturated rings. The first kappa shape index (κ1) is 14.8. The van der Waals surface area contributed by atoms with E-state index in [0.717, 1.165) is 0 Å². The lowest BCUT2D eigenvalue weighted by atomic mass is 10.1. The highest BCUT2D eigenvalue weighted by Crippen LogP contribution is 2.24. The van der Waals surface area contributed by atoms with Crippen molar-refractivity contribution in [3.8, 4) is 0 Å². The number of halogens is 3. The van der Waals surface area contributed by atoms with Crippen LogP contribution in [0.2, 0.25) is 0 Å². The van der Waals surface area contributed by atoms with Gasteiger partial charge in [0.25, 0.3) is 0 Å². The second-order valence-corrected chi connectivity index (χ2v) is 5.34. The lowest BCUT2D eigenvalue weighted by Gasteiger charge is -2.17. The highest BCUT2D eigenvalue weighted by atomic mass is 35.6. The molecular formula is C7H10Cl3NO4. The van der Waals surface area contributed by atoms with Crippen molar-refractivity contribution >= 4 is 46.7 Å². The number of carboxylic acids is 2. The first-order valence-corrected chi connectivity index (χ1v) is 5.10. The van der Waals surface area contributed by atoms with Gasteiger partial charge in [-0.3, -0.25) is 9.59 Å². The van der Waals surface area contributed by atoms with Gasteiger partial charge < -0.3 is 15.5 Å². The van der Waals surface area contributed by atoms with Gasteiger partial charge in [-0.05, 0) is 6.42 Å². The van der Waals surface area contributed by atoms with Crippen LogP contribution in [0.5, 0.6) is 0 Å². The quantitative estimate of drug-likeness (QED) is 0.637. The molecule has 0 aromatic heterocycles. The predicted octanol–water partition coefficient (Wildman–Crippen LogP) is 1.26. The summed E-state index contributed by atoms with van der Waals surface area (Å²) in [5.74, 6) is -2.25. The number of aliphatic carboxylic acids is 2. The van der Waals surface area contributed by atoms with E-state index in [4.69, 9.17) is 45.0 Å². The summed E-state index contributed by atoms with van der Waals surface area (Å²) in [6.07, 6.45) is -0.324. The molecule has 0 aliphatic rings. The molecule has 5 nitrogen and oxygen atoms in total. The third-order valence-electron chi connectivity index (χ3n) is 1.49. The van der Waals surface area contributed by atoms with E-state index in [1.807, 2.05) is 0 Å². The van der Waals surface area contributed by atoms with Crippen LogP contribution in [0, 0.1) is 0 Å². The van der Waals surface area contributed by atoms with Crippen LogP contribution in [0.1, 0.15) is 12.8 Å². The zero-order chi connectivity index (χ0) is 12.1. The van der Waals surface area contributed by atoms with Crippen molar-refractivity contribution in [3.05, 3.63) is 0 Å². The predicted molar refractivity (Wildman–Crippen MR) is 56.6 cm³/mol. The number of carbonyl (C=O) groups is 2. The molecule has 0 rings (SSSR count). The summed E-state index contributed by atoms with van der Waals surface area (Å²) in [6.45, 7) is -0.158. The molecule has 0 spiro atoms. The maximum Gasteiger partial charge on any atom is 0.320 e. The number of carboxylic acid groups (broad SMARTS) is 2. The third-order valence-corrected chi connectivity index (χ3v) is 1.89. The van der Waals surface area contributed by atoms with Crippen LogP contribution >= 0.6 is 34.8 Å². The van der Waals surface area contributed by atoms with E-state index in [9.17, 15) is 9.59 Å². The summed E-state index contributed by atoms with van der Waals surface area (Å²) >= 11 is 16.2. The lowest BCUT2D eigenvalue weighted by Crippen LogP contribution is -2.41. The maximum absolute atomic E-state index is 10.6. The van der Waals surface area contributed by atoms with Crippen LogP contribution in [-0.4, -0.2) is 38.5 Å². The zero-order valence-corrected chi connectivity index (χ0v) is 9.81. The van der Waals surface area contributed by atoms with Gasteiger partial charge >= 0.3 is 11.9 Å². The summed E-state index contributed by atoms with van der Waals surface area (Å²) < 4.78 is -1.60. The van der Waals surface area contributed by atoms with Crippen LogP contribution in [0.3, 0.4) is 0 Å². The molecular weight excluding hydrogens is 268 g/mol. The van der Waals surface area contributed by atoms with Crippen molar-refractivity contribution in [2.45, 2.75) is 22.7 Å². The van der Waals surface area contributed by atoms with Crippen molar-refractivity contribution < 1.29 is 19.8 Å². The summed E-state index contributed by atoms with van der Waals surface area (Å²) in [4.78, 5) is 20.9. The molecule has 0 aliphatic carbocycles. The Bertz CT molecular complexity index is 241. The molecule has 0 saturated carbocycles. The highest BCUT2D eigenvalue weighted by molar-refractivity contribution is 6.67. The Kier molecular flexibility index (Phi) is 6.28. The molecule has 0 aromatic rings. The summed E-state index contributed by atoms with van der Waals surface area (Å²) in [6, 6.07) is -1.03. The maximum atomic E-state index is 10.6. The molecule has 0 bridgehead atoms. The van der Waals surface area contributed by atoms with E-state index in [1.165, 1.54) is 0 Å². The Morgan fingerprint density at radius 2 is 1.80 bits per heavy atom. The molecule has 88 valence electrons. The second-order valence-electron chi connectivity index (χ2n) is 2.82. The van der Waals surface area contributed by atoms with Crippen LogP contribution in [0.4, 0.5) is 0 Å². The van der Waals surface area contributed by atoms with Gasteiger partial charge in [0.1, 0.15) is 6.04 Å². The number of nitrogens with one attached hydrogen (secondary N) is 1. The molecule has 0 heterocycles. The first-order valence-electron chi connectivity index (χ1n) is 3.97. The SMILES string of the molecule is O=C(O)CC[C@H](NCC(Cl)(Cl)Cl)C(=O)O. The van der Waals surface area contributed by atoms with E-state index >= 15 is 0 Å². The van der Waals surface area contributed by atoms with Gasteiger partial charge in [-0.2, -0.15) is 0 Å². The molecule has 0 saturated heterocycles.